The fraction of sp³-hybridized carbons (Fsp3) is 0.410. The molecule has 2 saturated heterocycles. The van der Waals surface area contributed by atoms with E-state index < -0.39 is 39.7 Å². The van der Waals surface area contributed by atoms with Crippen LogP contribution in [0.3, 0.4) is 0 Å². The van der Waals surface area contributed by atoms with Crippen molar-refractivity contribution in [3.05, 3.63) is 71.8 Å². The maximum atomic E-state index is 13.4. The zero-order valence-corrected chi connectivity index (χ0v) is 33.0. The molecule has 18 nitrogen and oxygen atoms in total. The van der Waals surface area contributed by atoms with E-state index in [1.165, 1.54) is 12.4 Å². The number of hydrogen-bond acceptors (Lipinski definition) is 14. The molecular formula is C39H42N12O6S. The monoisotopic (exact) mass is 806 g/mol. The summed E-state index contributed by atoms with van der Waals surface area (Å²) in [4.78, 5) is 69.9. The summed E-state index contributed by atoms with van der Waals surface area (Å²) < 4.78 is 28.3. The third-order valence-electron chi connectivity index (χ3n) is 11.3. The van der Waals surface area contributed by atoms with Gasteiger partial charge in [-0.25, -0.2) is 23.4 Å². The number of fused-ring (bicyclic) bond motifs is 2. The van der Waals surface area contributed by atoms with Crippen LogP contribution in [0.15, 0.2) is 55.1 Å². The zero-order valence-electron chi connectivity index (χ0n) is 32.2. The van der Waals surface area contributed by atoms with Crippen molar-refractivity contribution in [2.75, 3.05) is 30.4 Å². The summed E-state index contributed by atoms with van der Waals surface area (Å²) in [5, 5.41) is 15.2. The first-order valence-electron chi connectivity index (χ1n) is 19.4. The Kier molecular flexibility index (Phi) is 9.30. The Morgan fingerprint density at radius 1 is 0.931 bits per heavy atom. The van der Waals surface area contributed by atoms with Crippen molar-refractivity contribution in [1.29, 1.82) is 0 Å². The Hall–Kier alpha value is -6.08. The highest BCUT2D eigenvalue weighted by Gasteiger charge is 2.45. The van der Waals surface area contributed by atoms with Crippen LogP contribution in [0, 0.1) is 0 Å². The summed E-state index contributed by atoms with van der Waals surface area (Å²) in [6.07, 6.45) is 9.57. The molecule has 0 radical (unpaired) electrons. The van der Waals surface area contributed by atoms with Crippen LogP contribution in [0.1, 0.15) is 84.7 Å². The van der Waals surface area contributed by atoms with Crippen LogP contribution in [-0.2, 0) is 26.2 Å². The molecule has 0 bridgehead atoms. The van der Waals surface area contributed by atoms with Gasteiger partial charge >= 0.3 is 0 Å². The molecule has 300 valence electrons. The molecule has 3 aliphatic heterocycles. The molecule has 1 atom stereocenters. The lowest BCUT2D eigenvalue weighted by Gasteiger charge is -2.37. The summed E-state index contributed by atoms with van der Waals surface area (Å²) in [6, 6.07) is 8.28. The Bertz CT molecular complexity index is 2610. The number of pyridine rings is 1. The molecule has 0 spiro atoms. The number of nitrogens with one attached hydrogen (secondary N) is 2. The molecule has 4 aromatic heterocycles. The number of nitrogens with zero attached hydrogens (tertiary/aromatic N) is 10. The van der Waals surface area contributed by atoms with Gasteiger partial charge in [-0.2, -0.15) is 14.3 Å². The molecule has 9 rings (SSSR count). The molecular weight excluding hydrogens is 765 g/mol. The lowest BCUT2D eigenvalue weighted by atomic mass is 10.0. The molecule has 4 aliphatic rings. The first-order chi connectivity index (χ1) is 27.8. The van der Waals surface area contributed by atoms with Crippen molar-refractivity contribution < 1.29 is 27.6 Å². The topological polar surface area (TPSA) is 211 Å². The van der Waals surface area contributed by atoms with Gasteiger partial charge in [0.15, 0.2) is 11.6 Å². The number of carbonyl (C=O) groups excluding carboxylic acids is 4. The van der Waals surface area contributed by atoms with Gasteiger partial charge in [-0.05, 0) is 76.8 Å². The average Bonchev–Trinajstić information content (AvgIpc) is 3.75. The molecule has 1 aliphatic carbocycles. The van der Waals surface area contributed by atoms with E-state index in [0.29, 0.717) is 42.4 Å². The van der Waals surface area contributed by atoms with Gasteiger partial charge in [0.2, 0.25) is 11.8 Å². The van der Waals surface area contributed by atoms with Gasteiger partial charge in [0.05, 0.1) is 45.2 Å². The lowest BCUT2D eigenvalue weighted by molar-refractivity contribution is -0.136. The number of hydrogen-bond donors (Lipinski definition) is 2. The van der Waals surface area contributed by atoms with Gasteiger partial charge < -0.3 is 10.2 Å². The zero-order chi connectivity index (χ0) is 40.5. The number of carbonyl (C=O) groups is 4. The SMILES string of the molecule is CC(C)n1nc(N2CCC(N(C)Cc3ccc4c(c3)C(=O)N(C3CCC(=O)NC3=O)C4=O)CC2)c2cnc(Nc3ccnc(-c4cnn(S(=O)(=O)C5CC5)c4)n3)cc21. The van der Waals surface area contributed by atoms with Gasteiger partial charge in [0.25, 0.3) is 21.8 Å². The van der Waals surface area contributed by atoms with E-state index in [0.717, 1.165) is 57.2 Å². The molecule has 7 heterocycles. The molecule has 1 aromatic carbocycles. The van der Waals surface area contributed by atoms with Crippen molar-refractivity contribution in [1.82, 2.24) is 49.0 Å². The Balaban J connectivity index is 0.857. The van der Waals surface area contributed by atoms with Gasteiger partial charge in [-0.1, -0.05) is 6.07 Å². The highest BCUT2D eigenvalue weighted by atomic mass is 32.2. The minimum absolute atomic E-state index is 0.0748. The minimum Gasteiger partial charge on any atom is -0.354 e. The number of piperidine rings is 2. The lowest BCUT2D eigenvalue weighted by Crippen LogP contribution is -2.54. The highest BCUT2D eigenvalue weighted by molar-refractivity contribution is 7.90. The van der Waals surface area contributed by atoms with E-state index in [9.17, 15) is 27.6 Å². The second-order valence-electron chi connectivity index (χ2n) is 15.6. The molecule has 1 saturated carbocycles. The molecule has 4 amide bonds. The van der Waals surface area contributed by atoms with E-state index in [1.54, 1.807) is 24.4 Å². The average molecular weight is 807 g/mol. The minimum atomic E-state index is -3.50. The summed E-state index contributed by atoms with van der Waals surface area (Å²) in [5.74, 6) is 0.216. The predicted octanol–water partition coefficient (Wildman–Crippen LogP) is 3.25. The van der Waals surface area contributed by atoms with E-state index in [4.69, 9.17) is 10.1 Å². The van der Waals surface area contributed by atoms with Crippen LogP contribution in [0.4, 0.5) is 17.5 Å². The van der Waals surface area contributed by atoms with E-state index in [2.05, 4.69) is 56.4 Å². The number of aromatic nitrogens is 7. The third kappa shape index (κ3) is 6.76. The van der Waals surface area contributed by atoms with Gasteiger partial charge in [-0.3, -0.25) is 39.0 Å². The fourth-order valence-electron chi connectivity index (χ4n) is 8.04. The Morgan fingerprint density at radius 3 is 2.45 bits per heavy atom. The number of rotatable bonds is 11. The maximum absolute atomic E-state index is 13.4. The van der Waals surface area contributed by atoms with Crippen molar-refractivity contribution in [2.45, 2.75) is 82.3 Å². The standard InChI is InChI=1S/C39H42N12O6S/c1-22(2)51-31-17-33(43-32-10-13-40-35(44-32)24-18-42-49(21-24)58(56,57)26-5-6-26)41-19-29(31)36(46-51)48-14-11-25(12-15-48)47(3)20-23-4-7-27-28(16-23)39(55)50(38(27)54)30-8-9-34(52)45-37(30)53/h4,7,10,13,16-19,21-22,25-26,30H,5-6,8-9,11-12,14-15,20H2,1-3H3,(H,45,52,53)(H,40,41,43,44). The number of anilines is 3. The van der Waals surface area contributed by atoms with Crippen LogP contribution in [0.25, 0.3) is 22.3 Å². The fourth-order valence-corrected chi connectivity index (χ4v) is 9.52. The van der Waals surface area contributed by atoms with Crippen molar-refractivity contribution >= 4 is 62.0 Å². The van der Waals surface area contributed by atoms with Crippen LogP contribution in [-0.4, -0.2) is 113 Å². The van der Waals surface area contributed by atoms with Gasteiger partial charge in [-0.15, -0.1) is 0 Å². The maximum Gasteiger partial charge on any atom is 0.262 e. The van der Waals surface area contributed by atoms with E-state index >= 15 is 0 Å². The summed E-state index contributed by atoms with van der Waals surface area (Å²) in [7, 11) is -1.44. The van der Waals surface area contributed by atoms with Crippen molar-refractivity contribution in [3.8, 4) is 11.4 Å². The summed E-state index contributed by atoms with van der Waals surface area (Å²) in [5.41, 5.74) is 2.85. The first-order valence-corrected chi connectivity index (χ1v) is 20.9. The Labute approximate surface area is 333 Å². The van der Waals surface area contributed by atoms with Crippen LogP contribution in [0.2, 0.25) is 0 Å². The first kappa shape index (κ1) is 37.5. The number of benzene rings is 1. The summed E-state index contributed by atoms with van der Waals surface area (Å²) in [6.45, 7) is 6.29. The van der Waals surface area contributed by atoms with Gasteiger partial charge in [0.1, 0.15) is 17.7 Å². The summed E-state index contributed by atoms with van der Waals surface area (Å²) >= 11 is 0. The molecule has 58 heavy (non-hydrogen) atoms. The molecule has 5 aromatic rings. The normalized spacial score (nSPS) is 19.2. The largest absolute Gasteiger partial charge is 0.354 e. The van der Waals surface area contributed by atoms with Crippen LogP contribution < -0.4 is 15.5 Å². The second kappa shape index (κ2) is 14.4. The molecule has 3 fully saturated rings. The predicted molar refractivity (Wildman–Crippen MR) is 212 cm³/mol. The second-order valence-corrected chi connectivity index (χ2v) is 17.7. The molecule has 1 unspecified atom stereocenters. The number of imide groups is 2. The Morgan fingerprint density at radius 2 is 1.71 bits per heavy atom. The van der Waals surface area contributed by atoms with E-state index in [1.807, 2.05) is 23.0 Å². The van der Waals surface area contributed by atoms with Crippen molar-refractivity contribution in [2.24, 2.45) is 0 Å². The smallest absolute Gasteiger partial charge is 0.262 e. The third-order valence-corrected chi connectivity index (χ3v) is 13.4. The van der Waals surface area contributed by atoms with Crippen LogP contribution >= 0.6 is 0 Å². The number of amides is 4. The molecule has 2 N–H and O–H groups in total. The van der Waals surface area contributed by atoms with Crippen LogP contribution in [0.5, 0.6) is 0 Å². The van der Waals surface area contributed by atoms with Gasteiger partial charge in [0, 0.05) is 56.6 Å². The molecule has 19 heteroatoms. The van der Waals surface area contributed by atoms with E-state index in [-0.39, 0.29) is 41.3 Å². The van der Waals surface area contributed by atoms with Crippen molar-refractivity contribution in [3.63, 3.8) is 0 Å². The quantitative estimate of drug-likeness (QED) is 0.184. The highest BCUT2D eigenvalue weighted by Crippen LogP contribution is 2.34.